The Morgan fingerprint density at radius 1 is 1.40 bits per heavy atom. The van der Waals surface area contributed by atoms with Gasteiger partial charge in [0.25, 0.3) is 0 Å². The van der Waals surface area contributed by atoms with Crippen molar-refractivity contribution in [1.82, 2.24) is 9.78 Å². The van der Waals surface area contributed by atoms with Crippen LogP contribution >= 0.6 is 15.9 Å². The maximum atomic E-state index is 13.5. The molecule has 6 nitrogen and oxygen atoms in total. The number of nitrogens with one attached hydrogen (secondary N) is 1. The zero-order valence-corrected chi connectivity index (χ0v) is 14.4. The highest BCUT2D eigenvalue weighted by Crippen LogP contribution is 2.46. The lowest BCUT2D eigenvalue weighted by Gasteiger charge is -2.33. The third-order valence-electron chi connectivity index (χ3n) is 4.01. The van der Waals surface area contributed by atoms with E-state index in [-0.39, 0.29) is 16.7 Å². The van der Waals surface area contributed by atoms with E-state index in [1.54, 1.807) is 24.3 Å². The molecule has 0 fully saturated rings. The number of carboxylic acids is 1. The van der Waals surface area contributed by atoms with E-state index in [0.29, 0.717) is 16.0 Å². The first-order valence-electron chi connectivity index (χ1n) is 7.19. The number of ether oxygens (including phenoxy) is 1. The van der Waals surface area contributed by atoms with Crippen molar-refractivity contribution in [3.63, 3.8) is 0 Å². The fourth-order valence-corrected chi connectivity index (χ4v) is 3.31. The Morgan fingerprint density at radius 3 is 2.56 bits per heavy atom. The number of alkyl halides is 3. The van der Waals surface area contributed by atoms with Crippen LogP contribution in [0.5, 0.6) is 5.75 Å². The Labute approximate surface area is 148 Å². The monoisotopic (exact) mass is 418 g/mol. The van der Waals surface area contributed by atoms with E-state index < -0.39 is 29.9 Å². The molecule has 1 aromatic heterocycles. The molecule has 1 N–H and O–H groups in total. The van der Waals surface area contributed by atoms with Gasteiger partial charge in [0.2, 0.25) is 0 Å². The van der Waals surface area contributed by atoms with Crippen LogP contribution in [0.4, 0.5) is 19.0 Å². The molecule has 0 bridgehead atoms. The summed E-state index contributed by atoms with van der Waals surface area (Å²) in [5, 5.41) is 17.6. The van der Waals surface area contributed by atoms with Gasteiger partial charge in [0.05, 0.1) is 23.6 Å². The van der Waals surface area contributed by atoms with Crippen molar-refractivity contribution >= 4 is 27.7 Å². The van der Waals surface area contributed by atoms with Crippen molar-refractivity contribution in [2.45, 2.75) is 24.7 Å². The summed E-state index contributed by atoms with van der Waals surface area (Å²) in [6.45, 7) is 0. The Kier molecular flexibility index (Phi) is 4.40. The molecule has 1 aromatic carbocycles. The number of methoxy groups -OCH3 is 1. The Hall–Kier alpha value is -2.23. The van der Waals surface area contributed by atoms with Crippen LogP contribution in [0.25, 0.3) is 0 Å². The zero-order chi connectivity index (χ0) is 18.4. The topological polar surface area (TPSA) is 79.2 Å². The number of carbonyl (C=O) groups excluding carboxylic acids is 1. The third-order valence-corrected chi connectivity index (χ3v) is 4.76. The smallest absolute Gasteiger partial charge is 0.410 e. The van der Waals surface area contributed by atoms with E-state index in [0.717, 1.165) is 0 Å². The first-order valence-corrected chi connectivity index (χ1v) is 7.98. The second kappa shape index (κ2) is 6.25. The van der Waals surface area contributed by atoms with Gasteiger partial charge in [0, 0.05) is 6.42 Å². The highest BCUT2D eigenvalue weighted by Gasteiger charge is 2.47. The average molecular weight is 419 g/mol. The number of nitrogens with zero attached hydrogens (tertiary/aromatic N) is 2. The van der Waals surface area contributed by atoms with Crippen molar-refractivity contribution in [1.29, 1.82) is 0 Å². The molecule has 10 heteroatoms. The summed E-state index contributed by atoms with van der Waals surface area (Å²) < 4.78 is 46.1. The van der Waals surface area contributed by atoms with Crippen molar-refractivity contribution in [2.24, 2.45) is 0 Å². The lowest BCUT2D eigenvalue weighted by atomic mass is 9.97. The van der Waals surface area contributed by atoms with Gasteiger partial charge in [-0.15, -0.1) is 0 Å². The number of anilines is 1. The highest BCUT2D eigenvalue weighted by molar-refractivity contribution is 9.10. The Bertz CT molecular complexity index is 805. The van der Waals surface area contributed by atoms with Gasteiger partial charge in [-0.1, -0.05) is 12.1 Å². The van der Waals surface area contributed by atoms with Crippen LogP contribution in [-0.4, -0.2) is 29.0 Å². The Balaban J connectivity index is 2.04. The number of fused-ring (bicyclic) bond motifs is 1. The van der Waals surface area contributed by atoms with Gasteiger partial charge < -0.3 is 20.0 Å². The van der Waals surface area contributed by atoms with Crippen molar-refractivity contribution < 1.29 is 27.8 Å². The summed E-state index contributed by atoms with van der Waals surface area (Å²) in [6.07, 6.45) is -4.92. The summed E-state index contributed by atoms with van der Waals surface area (Å²) >= 11 is 3.00. The fourth-order valence-electron chi connectivity index (χ4n) is 2.77. The molecule has 1 aliphatic heterocycles. The second-order valence-corrected chi connectivity index (χ2v) is 6.30. The van der Waals surface area contributed by atoms with Crippen LogP contribution in [-0.2, 0) is 0 Å². The van der Waals surface area contributed by atoms with E-state index in [1.807, 2.05) is 0 Å². The summed E-state index contributed by atoms with van der Waals surface area (Å²) in [5.74, 6) is -1.12. The van der Waals surface area contributed by atoms with Gasteiger partial charge in [-0.2, -0.15) is 18.3 Å². The van der Waals surface area contributed by atoms with Crippen LogP contribution in [0.2, 0.25) is 0 Å². The number of rotatable bonds is 3. The maximum absolute atomic E-state index is 13.5. The second-order valence-electron chi connectivity index (χ2n) is 5.51. The van der Waals surface area contributed by atoms with E-state index in [2.05, 4.69) is 26.3 Å². The molecule has 3 rings (SSSR count). The minimum atomic E-state index is -4.59. The SMILES string of the molecule is COc1ccc([C@@H]2C[C@H](C(F)(F)F)n3nc(C(=O)[O-])c(Br)c3N2)cc1. The highest BCUT2D eigenvalue weighted by atomic mass is 79.9. The molecule has 0 radical (unpaired) electrons. The molecule has 2 heterocycles. The van der Waals surface area contributed by atoms with E-state index in [9.17, 15) is 23.1 Å². The lowest BCUT2D eigenvalue weighted by molar-refractivity contribution is -0.255. The first kappa shape index (κ1) is 17.6. The summed E-state index contributed by atoms with van der Waals surface area (Å²) in [4.78, 5) is 11.1. The molecule has 0 unspecified atom stereocenters. The van der Waals surface area contributed by atoms with Crippen LogP contribution in [0.3, 0.4) is 0 Å². The molecule has 2 atom stereocenters. The van der Waals surface area contributed by atoms with Crippen LogP contribution in [0, 0.1) is 0 Å². The zero-order valence-electron chi connectivity index (χ0n) is 12.8. The van der Waals surface area contributed by atoms with Gasteiger partial charge in [-0.05, 0) is 33.6 Å². The van der Waals surface area contributed by atoms with Crippen molar-refractivity contribution in [3.05, 3.63) is 40.0 Å². The van der Waals surface area contributed by atoms with Gasteiger partial charge in [0.15, 0.2) is 6.04 Å². The molecule has 0 saturated carbocycles. The number of carboxylic acid groups (broad SMARTS) is 1. The molecule has 25 heavy (non-hydrogen) atoms. The molecule has 134 valence electrons. The quantitative estimate of drug-likeness (QED) is 0.828. The fraction of sp³-hybridized carbons (Fsp3) is 0.333. The minimum Gasteiger partial charge on any atom is -0.543 e. The number of hydrogen-bond acceptors (Lipinski definition) is 5. The number of benzene rings is 1. The van der Waals surface area contributed by atoms with E-state index >= 15 is 0 Å². The van der Waals surface area contributed by atoms with Crippen molar-refractivity contribution in [3.8, 4) is 5.75 Å². The molecule has 0 aliphatic carbocycles. The number of hydrogen-bond donors (Lipinski definition) is 1. The van der Waals surface area contributed by atoms with Gasteiger partial charge >= 0.3 is 6.18 Å². The third kappa shape index (κ3) is 3.17. The van der Waals surface area contributed by atoms with Gasteiger partial charge in [-0.3, -0.25) is 0 Å². The molecule has 0 amide bonds. The predicted octanol–water partition coefficient (Wildman–Crippen LogP) is 2.68. The Morgan fingerprint density at radius 2 is 2.04 bits per heavy atom. The number of aromatic carboxylic acids is 1. The standard InChI is InChI=1S/C15H13BrF3N3O3/c1-25-8-4-2-7(3-5-8)9-6-10(15(17,18)19)22-13(20-9)11(16)12(21-22)14(23)24/h2-5,9-10,20H,6H2,1H3,(H,23,24)/p-1/t9-,10+/m0/s1. The van der Waals surface area contributed by atoms with Gasteiger partial charge in [0.1, 0.15) is 17.3 Å². The molecular formula is C15H12BrF3N3O3-. The largest absolute Gasteiger partial charge is 0.543 e. The normalized spacial score (nSPS) is 19.9. The van der Waals surface area contributed by atoms with Crippen LogP contribution < -0.4 is 15.2 Å². The molecular weight excluding hydrogens is 407 g/mol. The maximum Gasteiger partial charge on any atom is 0.410 e. The van der Waals surface area contributed by atoms with Crippen LogP contribution in [0.1, 0.15) is 34.6 Å². The van der Waals surface area contributed by atoms with Crippen LogP contribution in [0.15, 0.2) is 28.7 Å². The lowest BCUT2D eigenvalue weighted by Crippen LogP contribution is -2.36. The van der Waals surface area contributed by atoms with E-state index in [1.165, 1.54) is 7.11 Å². The number of halogens is 4. The summed E-state index contributed by atoms with van der Waals surface area (Å²) in [5.41, 5.74) is 0.0385. The summed E-state index contributed by atoms with van der Waals surface area (Å²) in [7, 11) is 1.49. The first-order chi connectivity index (χ1) is 11.7. The number of aromatic nitrogens is 2. The molecule has 0 spiro atoms. The average Bonchev–Trinajstić information content (AvgIpc) is 2.90. The summed E-state index contributed by atoms with van der Waals surface area (Å²) in [6, 6.07) is 3.97. The number of carbonyl (C=O) groups is 1. The molecule has 2 aromatic rings. The minimum absolute atomic E-state index is 0.0476. The van der Waals surface area contributed by atoms with E-state index in [4.69, 9.17) is 4.74 Å². The molecule has 1 aliphatic rings. The predicted molar refractivity (Wildman–Crippen MR) is 83.3 cm³/mol. The molecule has 0 saturated heterocycles. The van der Waals surface area contributed by atoms with Crippen molar-refractivity contribution in [2.75, 3.05) is 12.4 Å². The van der Waals surface area contributed by atoms with Gasteiger partial charge in [-0.25, -0.2) is 4.68 Å².